The van der Waals surface area contributed by atoms with Gasteiger partial charge < -0.3 is 19.9 Å². The van der Waals surface area contributed by atoms with Gasteiger partial charge in [0.15, 0.2) is 0 Å². The Kier molecular flexibility index (Phi) is 8.79. The molecular formula is C36H34ClNO6. The van der Waals surface area contributed by atoms with Crippen LogP contribution in [0.5, 0.6) is 5.75 Å². The van der Waals surface area contributed by atoms with Crippen LogP contribution in [0.4, 0.5) is 0 Å². The Labute approximate surface area is 261 Å². The van der Waals surface area contributed by atoms with Gasteiger partial charge in [-0.2, -0.15) is 0 Å². The Bertz CT molecular complexity index is 1690. The van der Waals surface area contributed by atoms with Gasteiger partial charge in [0.05, 0.1) is 12.0 Å². The lowest BCUT2D eigenvalue weighted by Crippen LogP contribution is -2.55. The highest BCUT2D eigenvalue weighted by Gasteiger charge is 2.45. The van der Waals surface area contributed by atoms with Crippen molar-refractivity contribution >= 4 is 29.4 Å². The first-order valence-electron chi connectivity index (χ1n) is 14.4. The molecule has 8 heteroatoms. The second kappa shape index (κ2) is 12.5. The van der Waals surface area contributed by atoms with Gasteiger partial charge in [-0.25, -0.2) is 9.59 Å². The number of halogens is 1. The van der Waals surface area contributed by atoms with E-state index in [0.29, 0.717) is 27.5 Å². The number of nitrogens with one attached hydrogen (secondary N) is 1. The SMILES string of the molecule is CC(C)(C)OC(=O)c1ccccc1COc1ccc(CC(=O)NC2(C(=O)O)Cc3ccc(-c4ccc(Cl)cc4)cc3C2)cc1. The minimum absolute atomic E-state index is 0.0170. The number of hydrogen-bond acceptors (Lipinski definition) is 5. The van der Waals surface area contributed by atoms with Crippen LogP contribution < -0.4 is 10.1 Å². The number of fused-ring (bicyclic) bond motifs is 1. The fourth-order valence-corrected chi connectivity index (χ4v) is 5.46. The zero-order valence-electron chi connectivity index (χ0n) is 24.9. The maximum absolute atomic E-state index is 13.1. The average Bonchev–Trinajstić information content (AvgIpc) is 3.35. The number of esters is 1. The molecule has 5 rings (SSSR count). The third-order valence-corrected chi connectivity index (χ3v) is 7.73. The number of benzene rings is 4. The van der Waals surface area contributed by atoms with Crippen LogP contribution >= 0.6 is 11.6 Å². The molecule has 7 nitrogen and oxygen atoms in total. The molecule has 44 heavy (non-hydrogen) atoms. The van der Waals surface area contributed by atoms with Gasteiger partial charge in [-0.05, 0) is 78.9 Å². The van der Waals surface area contributed by atoms with E-state index in [4.69, 9.17) is 21.1 Å². The monoisotopic (exact) mass is 611 g/mol. The molecule has 1 aliphatic rings. The summed E-state index contributed by atoms with van der Waals surface area (Å²) in [5.41, 5.74) is 3.57. The molecule has 0 fully saturated rings. The molecule has 0 aromatic heterocycles. The molecule has 0 saturated heterocycles. The van der Waals surface area contributed by atoms with Crippen molar-refractivity contribution in [1.29, 1.82) is 0 Å². The van der Waals surface area contributed by atoms with Crippen LogP contribution in [0, 0.1) is 0 Å². The number of aliphatic carboxylic acids is 1. The number of amides is 1. The van der Waals surface area contributed by atoms with Gasteiger partial charge >= 0.3 is 11.9 Å². The molecule has 0 aliphatic heterocycles. The lowest BCUT2D eigenvalue weighted by molar-refractivity contribution is -0.147. The maximum Gasteiger partial charge on any atom is 0.339 e. The van der Waals surface area contributed by atoms with Crippen molar-refractivity contribution in [3.8, 4) is 16.9 Å². The van der Waals surface area contributed by atoms with Crippen LogP contribution in [0.2, 0.25) is 5.02 Å². The number of carboxylic acid groups (broad SMARTS) is 1. The summed E-state index contributed by atoms with van der Waals surface area (Å²) in [6, 6.07) is 27.5. The van der Waals surface area contributed by atoms with Crippen LogP contribution in [-0.2, 0) is 40.2 Å². The Balaban J connectivity index is 1.20. The van der Waals surface area contributed by atoms with Gasteiger partial charge in [-0.15, -0.1) is 0 Å². The Hall–Kier alpha value is -4.62. The first-order chi connectivity index (χ1) is 20.9. The number of carbonyl (C=O) groups is 3. The van der Waals surface area contributed by atoms with E-state index in [9.17, 15) is 19.5 Å². The van der Waals surface area contributed by atoms with E-state index >= 15 is 0 Å². The van der Waals surface area contributed by atoms with Crippen molar-refractivity contribution in [3.63, 3.8) is 0 Å². The lowest BCUT2D eigenvalue weighted by atomic mass is 9.95. The number of carbonyl (C=O) groups excluding carboxylic acids is 2. The summed E-state index contributed by atoms with van der Waals surface area (Å²) in [7, 11) is 0. The fourth-order valence-electron chi connectivity index (χ4n) is 5.33. The molecule has 1 atom stereocenters. The summed E-state index contributed by atoms with van der Waals surface area (Å²) in [5, 5.41) is 13.7. The second-order valence-corrected chi connectivity index (χ2v) is 12.5. The molecule has 226 valence electrons. The normalized spacial score (nSPS) is 15.7. The van der Waals surface area contributed by atoms with Crippen molar-refractivity contribution in [3.05, 3.63) is 124 Å². The summed E-state index contributed by atoms with van der Waals surface area (Å²) < 4.78 is 11.4. The molecule has 0 saturated carbocycles. The molecule has 0 bridgehead atoms. The molecule has 1 unspecified atom stereocenters. The van der Waals surface area contributed by atoms with Crippen LogP contribution in [0.25, 0.3) is 11.1 Å². The number of rotatable bonds is 9. The first-order valence-corrected chi connectivity index (χ1v) is 14.7. The van der Waals surface area contributed by atoms with Gasteiger partial charge in [0.1, 0.15) is 23.5 Å². The molecule has 1 aliphatic carbocycles. The van der Waals surface area contributed by atoms with E-state index < -0.39 is 23.1 Å². The molecule has 0 spiro atoms. The smallest absolute Gasteiger partial charge is 0.339 e. The van der Waals surface area contributed by atoms with E-state index in [0.717, 1.165) is 22.3 Å². The number of carboxylic acids is 1. The zero-order valence-corrected chi connectivity index (χ0v) is 25.6. The predicted octanol–water partition coefficient (Wildman–Crippen LogP) is 6.82. The van der Waals surface area contributed by atoms with E-state index in [2.05, 4.69) is 5.32 Å². The quantitative estimate of drug-likeness (QED) is 0.201. The molecule has 0 heterocycles. The third-order valence-electron chi connectivity index (χ3n) is 7.47. The molecular weight excluding hydrogens is 578 g/mol. The van der Waals surface area contributed by atoms with Gasteiger partial charge in [0.2, 0.25) is 5.91 Å². The largest absolute Gasteiger partial charge is 0.489 e. The summed E-state index contributed by atoms with van der Waals surface area (Å²) in [4.78, 5) is 38.2. The van der Waals surface area contributed by atoms with Crippen molar-refractivity contribution < 1.29 is 29.0 Å². The molecule has 1 amide bonds. The molecule has 4 aromatic carbocycles. The Morgan fingerprint density at radius 3 is 2.20 bits per heavy atom. The standard InChI is InChI=1S/C36H34ClNO6/c1-35(2,3)44-33(40)31-7-5-4-6-27(31)22-43-30-16-8-23(9-17-30)18-32(39)38-36(34(41)42)20-26-11-10-25(19-28(26)21-36)24-12-14-29(37)15-13-24/h4-17,19H,18,20-22H2,1-3H3,(H,38,39)(H,41,42). The van der Waals surface area contributed by atoms with E-state index in [1.807, 2.05) is 75.4 Å². The number of ether oxygens (including phenoxy) is 2. The van der Waals surface area contributed by atoms with Crippen molar-refractivity contribution in [2.75, 3.05) is 0 Å². The predicted molar refractivity (Wildman–Crippen MR) is 169 cm³/mol. The van der Waals surface area contributed by atoms with Crippen LogP contribution in [-0.4, -0.2) is 34.1 Å². The highest BCUT2D eigenvalue weighted by molar-refractivity contribution is 6.30. The summed E-state index contributed by atoms with van der Waals surface area (Å²) in [6.07, 6.45) is 0.424. The van der Waals surface area contributed by atoms with Crippen molar-refractivity contribution in [2.24, 2.45) is 0 Å². The lowest BCUT2D eigenvalue weighted by Gasteiger charge is -2.25. The topological polar surface area (TPSA) is 102 Å². The number of hydrogen-bond donors (Lipinski definition) is 2. The highest BCUT2D eigenvalue weighted by atomic mass is 35.5. The minimum atomic E-state index is -1.41. The molecule has 0 radical (unpaired) electrons. The average molecular weight is 612 g/mol. The molecule has 4 aromatic rings. The van der Waals surface area contributed by atoms with Crippen LogP contribution in [0.3, 0.4) is 0 Å². The van der Waals surface area contributed by atoms with Gasteiger partial charge in [-0.1, -0.05) is 72.3 Å². The van der Waals surface area contributed by atoms with Gasteiger partial charge in [0.25, 0.3) is 0 Å². The van der Waals surface area contributed by atoms with E-state index in [-0.39, 0.29) is 31.8 Å². The Morgan fingerprint density at radius 2 is 1.52 bits per heavy atom. The van der Waals surface area contributed by atoms with Crippen molar-refractivity contribution in [1.82, 2.24) is 5.32 Å². The van der Waals surface area contributed by atoms with Gasteiger partial charge in [0, 0.05) is 23.4 Å². The van der Waals surface area contributed by atoms with E-state index in [1.165, 1.54) is 0 Å². The van der Waals surface area contributed by atoms with Crippen LogP contribution in [0.15, 0.2) is 91.0 Å². The third kappa shape index (κ3) is 7.29. The Morgan fingerprint density at radius 1 is 0.864 bits per heavy atom. The summed E-state index contributed by atoms with van der Waals surface area (Å²) in [6.45, 7) is 5.62. The van der Waals surface area contributed by atoms with Crippen molar-refractivity contribution in [2.45, 2.75) is 57.8 Å². The molecule has 2 N–H and O–H groups in total. The van der Waals surface area contributed by atoms with Crippen LogP contribution in [0.1, 0.15) is 53.4 Å². The second-order valence-electron chi connectivity index (χ2n) is 12.0. The highest BCUT2D eigenvalue weighted by Crippen LogP contribution is 2.34. The first kappa shape index (κ1) is 30.8. The minimum Gasteiger partial charge on any atom is -0.489 e. The maximum atomic E-state index is 13.1. The van der Waals surface area contributed by atoms with E-state index in [1.54, 1.807) is 36.4 Å². The summed E-state index contributed by atoms with van der Waals surface area (Å²) >= 11 is 6.02. The van der Waals surface area contributed by atoms with Gasteiger partial charge in [-0.3, -0.25) is 4.79 Å². The zero-order chi connectivity index (χ0) is 31.5. The summed E-state index contributed by atoms with van der Waals surface area (Å²) in [5.74, 6) is -1.29. The fraction of sp³-hybridized carbons (Fsp3) is 0.250.